The lowest BCUT2D eigenvalue weighted by atomic mass is 9.93. The van der Waals surface area contributed by atoms with Gasteiger partial charge in [0.25, 0.3) is 0 Å². The van der Waals surface area contributed by atoms with Gasteiger partial charge in [-0.05, 0) is 57.5 Å². The van der Waals surface area contributed by atoms with Crippen LogP contribution >= 0.6 is 0 Å². The van der Waals surface area contributed by atoms with Gasteiger partial charge in [0.15, 0.2) is 0 Å². The molecule has 0 bridgehead atoms. The van der Waals surface area contributed by atoms with E-state index in [9.17, 15) is 13.5 Å². The van der Waals surface area contributed by atoms with Gasteiger partial charge in [-0.2, -0.15) is 0 Å². The average Bonchev–Trinajstić information content (AvgIpc) is 2.39. The number of piperidine rings is 2. The minimum absolute atomic E-state index is 0.253. The lowest BCUT2D eigenvalue weighted by Crippen LogP contribution is -2.44. The second-order valence-electron chi connectivity index (χ2n) is 5.97. The Labute approximate surface area is 116 Å². The van der Waals surface area contributed by atoms with Crippen LogP contribution in [-0.2, 0) is 10.0 Å². The van der Waals surface area contributed by atoms with Crippen molar-refractivity contribution in [3.8, 4) is 0 Å². The van der Waals surface area contributed by atoms with Crippen molar-refractivity contribution in [1.82, 2.24) is 9.62 Å². The highest BCUT2D eigenvalue weighted by atomic mass is 32.2. The molecule has 2 aliphatic heterocycles. The van der Waals surface area contributed by atoms with Gasteiger partial charge in [-0.1, -0.05) is 0 Å². The summed E-state index contributed by atoms with van der Waals surface area (Å²) < 4.78 is 26.4. The lowest BCUT2D eigenvalue weighted by molar-refractivity contribution is 0.0911. The number of aliphatic hydroxyl groups is 1. The van der Waals surface area contributed by atoms with E-state index in [1.165, 1.54) is 0 Å². The van der Waals surface area contributed by atoms with E-state index >= 15 is 0 Å². The van der Waals surface area contributed by atoms with Crippen LogP contribution < -0.4 is 5.32 Å². The van der Waals surface area contributed by atoms with Gasteiger partial charge in [0.05, 0.1) is 11.9 Å². The molecule has 2 heterocycles. The molecule has 2 aliphatic rings. The van der Waals surface area contributed by atoms with Crippen molar-refractivity contribution in [3.63, 3.8) is 0 Å². The molecular formula is C13H26N2O3S. The standard InChI is InChI=1S/C13H26N2O3S/c1-11(16)13-4-7-15(8-5-13)19(17,18)10-12-3-2-6-14-9-12/h11-14,16H,2-10H2,1H3. The van der Waals surface area contributed by atoms with E-state index in [-0.39, 0.29) is 23.7 Å². The fraction of sp³-hybridized carbons (Fsp3) is 1.00. The Bertz CT molecular complexity index is 369. The molecule has 0 aliphatic carbocycles. The first-order valence-electron chi connectivity index (χ1n) is 7.35. The number of nitrogens with zero attached hydrogens (tertiary/aromatic N) is 1. The van der Waals surface area contributed by atoms with Gasteiger partial charge in [0, 0.05) is 13.1 Å². The summed E-state index contributed by atoms with van der Waals surface area (Å²) in [5, 5.41) is 12.8. The molecule has 0 aromatic rings. The van der Waals surface area contributed by atoms with Crippen molar-refractivity contribution in [2.75, 3.05) is 31.9 Å². The van der Waals surface area contributed by atoms with Crippen molar-refractivity contribution >= 4 is 10.0 Å². The van der Waals surface area contributed by atoms with E-state index in [1.807, 2.05) is 0 Å². The van der Waals surface area contributed by atoms with E-state index in [0.717, 1.165) is 38.8 Å². The number of sulfonamides is 1. The van der Waals surface area contributed by atoms with Gasteiger partial charge in [0.1, 0.15) is 0 Å². The highest BCUT2D eigenvalue weighted by molar-refractivity contribution is 7.89. The minimum atomic E-state index is -3.12. The average molecular weight is 290 g/mol. The Morgan fingerprint density at radius 2 is 2.00 bits per heavy atom. The van der Waals surface area contributed by atoms with Crippen molar-refractivity contribution in [2.45, 2.75) is 38.7 Å². The van der Waals surface area contributed by atoms with Crippen LogP contribution in [0.25, 0.3) is 0 Å². The van der Waals surface area contributed by atoms with Crippen LogP contribution in [0.5, 0.6) is 0 Å². The molecule has 2 saturated heterocycles. The summed E-state index contributed by atoms with van der Waals surface area (Å²) in [6.07, 6.45) is 3.31. The molecule has 0 amide bonds. The molecule has 112 valence electrons. The number of rotatable bonds is 4. The zero-order valence-electron chi connectivity index (χ0n) is 11.7. The monoisotopic (exact) mass is 290 g/mol. The van der Waals surface area contributed by atoms with Crippen LogP contribution in [0.3, 0.4) is 0 Å². The molecule has 19 heavy (non-hydrogen) atoms. The number of nitrogens with one attached hydrogen (secondary N) is 1. The molecule has 0 aromatic carbocycles. The van der Waals surface area contributed by atoms with Crippen LogP contribution in [-0.4, -0.2) is 55.9 Å². The van der Waals surface area contributed by atoms with E-state index in [2.05, 4.69) is 5.32 Å². The normalized spacial score (nSPS) is 29.3. The van der Waals surface area contributed by atoms with E-state index < -0.39 is 10.0 Å². The first-order chi connectivity index (χ1) is 8.99. The predicted molar refractivity (Wildman–Crippen MR) is 75.4 cm³/mol. The Balaban J connectivity index is 1.86. The van der Waals surface area contributed by atoms with Crippen LogP contribution in [0.1, 0.15) is 32.6 Å². The van der Waals surface area contributed by atoms with Crippen molar-refractivity contribution in [3.05, 3.63) is 0 Å². The zero-order valence-corrected chi connectivity index (χ0v) is 12.5. The fourth-order valence-electron chi connectivity index (χ4n) is 3.11. The quantitative estimate of drug-likeness (QED) is 0.787. The molecular weight excluding hydrogens is 264 g/mol. The van der Waals surface area contributed by atoms with Crippen molar-refractivity contribution in [1.29, 1.82) is 0 Å². The third-order valence-electron chi connectivity index (χ3n) is 4.42. The predicted octanol–water partition coefficient (Wildman–Crippen LogP) is 0.409. The molecule has 0 spiro atoms. The van der Waals surface area contributed by atoms with Gasteiger partial charge in [-0.15, -0.1) is 0 Å². The maximum atomic E-state index is 12.4. The number of hydrogen-bond acceptors (Lipinski definition) is 4. The molecule has 0 radical (unpaired) electrons. The highest BCUT2D eigenvalue weighted by Crippen LogP contribution is 2.24. The summed E-state index contributed by atoms with van der Waals surface area (Å²) in [5.41, 5.74) is 0. The summed E-state index contributed by atoms with van der Waals surface area (Å²) in [6, 6.07) is 0. The molecule has 0 saturated carbocycles. The summed E-state index contributed by atoms with van der Waals surface area (Å²) in [6.45, 7) is 4.76. The largest absolute Gasteiger partial charge is 0.393 e. The molecule has 2 atom stereocenters. The molecule has 2 N–H and O–H groups in total. The molecule has 2 fully saturated rings. The number of aliphatic hydroxyl groups excluding tert-OH is 1. The van der Waals surface area contributed by atoms with Crippen molar-refractivity contribution < 1.29 is 13.5 Å². The molecule has 2 rings (SSSR count). The maximum Gasteiger partial charge on any atom is 0.214 e. The van der Waals surface area contributed by atoms with E-state index in [4.69, 9.17) is 0 Å². The topological polar surface area (TPSA) is 69.6 Å². The van der Waals surface area contributed by atoms with E-state index in [0.29, 0.717) is 13.1 Å². The Kier molecular flexibility index (Phi) is 5.22. The second-order valence-corrected chi connectivity index (χ2v) is 7.98. The van der Waals surface area contributed by atoms with Crippen LogP contribution in [0.15, 0.2) is 0 Å². The van der Waals surface area contributed by atoms with Gasteiger partial charge >= 0.3 is 0 Å². The first-order valence-corrected chi connectivity index (χ1v) is 8.96. The Morgan fingerprint density at radius 3 is 2.53 bits per heavy atom. The SMILES string of the molecule is CC(O)C1CCN(S(=O)(=O)CC2CCCNC2)CC1. The van der Waals surface area contributed by atoms with Gasteiger partial charge < -0.3 is 10.4 Å². The zero-order chi connectivity index (χ0) is 13.9. The van der Waals surface area contributed by atoms with E-state index in [1.54, 1.807) is 11.2 Å². The summed E-state index contributed by atoms with van der Waals surface area (Å²) >= 11 is 0. The van der Waals surface area contributed by atoms with Gasteiger partial charge in [-0.3, -0.25) is 0 Å². The first kappa shape index (κ1) is 15.2. The molecule has 0 aromatic heterocycles. The smallest absolute Gasteiger partial charge is 0.214 e. The molecule has 5 nitrogen and oxygen atoms in total. The maximum absolute atomic E-state index is 12.4. The highest BCUT2D eigenvalue weighted by Gasteiger charge is 2.31. The minimum Gasteiger partial charge on any atom is -0.393 e. The second kappa shape index (κ2) is 6.52. The Morgan fingerprint density at radius 1 is 1.32 bits per heavy atom. The number of hydrogen-bond donors (Lipinski definition) is 2. The Hall–Kier alpha value is -0.170. The van der Waals surface area contributed by atoms with Crippen LogP contribution in [0.4, 0.5) is 0 Å². The van der Waals surface area contributed by atoms with Crippen LogP contribution in [0.2, 0.25) is 0 Å². The molecule has 2 unspecified atom stereocenters. The summed E-state index contributed by atoms with van der Waals surface area (Å²) in [5.74, 6) is 0.787. The molecule has 6 heteroatoms. The van der Waals surface area contributed by atoms with Gasteiger partial charge in [-0.25, -0.2) is 12.7 Å². The summed E-state index contributed by atoms with van der Waals surface area (Å²) in [4.78, 5) is 0. The van der Waals surface area contributed by atoms with Crippen molar-refractivity contribution in [2.24, 2.45) is 11.8 Å². The van der Waals surface area contributed by atoms with Crippen LogP contribution in [0, 0.1) is 11.8 Å². The van der Waals surface area contributed by atoms with Gasteiger partial charge in [0.2, 0.25) is 10.0 Å². The third-order valence-corrected chi connectivity index (χ3v) is 6.46. The summed E-state index contributed by atoms with van der Waals surface area (Å²) in [7, 11) is -3.12. The lowest BCUT2D eigenvalue weighted by Gasteiger charge is -2.33. The fourth-order valence-corrected chi connectivity index (χ4v) is 4.96. The third kappa shape index (κ3) is 4.15.